The minimum absolute atomic E-state index is 0.0780. The molecule has 1 heterocycles. The van der Waals surface area contributed by atoms with Crippen LogP contribution in [0.25, 0.3) is 11.3 Å². The summed E-state index contributed by atoms with van der Waals surface area (Å²) in [6.07, 6.45) is 2.37. The van der Waals surface area contributed by atoms with Crippen LogP contribution in [0.15, 0.2) is 66.9 Å². The summed E-state index contributed by atoms with van der Waals surface area (Å²) in [6.45, 7) is 11.6. The van der Waals surface area contributed by atoms with Crippen LogP contribution in [0.2, 0.25) is 18.1 Å². The summed E-state index contributed by atoms with van der Waals surface area (Å²) in [5.74, 6) is 1.45. The van der Waals surface area contributed by atoms with Gasteiger partial charge in [0, 0.05) is 17.3 Å². The van der Waals surface area contributed by atoms with Crippen LogP contribution >= 0.6 is 0 Å². The molecule has 156 valence electrons. The highest BCUT2D eigenvalue weighted by Crippen LogP contribution is 2.41. The molecule has 30 heavy (non-hydrogen) atoms. The van der Waals surface area contributed by atoms with Gasteiger partial charge in [0.05, 0.1) is 5.69 Å². The number of aldehydes is 1. The number of benzene rings is 2. The first-order chi connectivity index (χ1) is 14.2. The van der Waals surface area contributed by atoms with Crippen molar-refractivity contribution in [1.82, 2.24) is 4.98 Å². The van der Waals surface area contributed by atoms with Crippen molar-refractivity contribution >= 4 is 14.6 Å². The van der Waals surface area contributed by atoms with Gasteiger partial charge in [-0.2, -0.15) is 0 Å². The second-order valence-electron chi connectivity index (χ2n) is 8.89. The van der Waals surface area contributed by atoms with Gasteiger partial charge in [-0.15, -0.1) is 0 Å². The van der Waals surface area contributed by atoms with Crippen molar-refractivity contribution in [2.45, 2.75) is 45.5 Å². The molecule has 0 aliphatic heterocycles. The first-order valence-corrected chi connectivity index (χ1v) is 13.0. The van der Waals surface area contributed by atoms with Gasteiger partial charge < -0.3 is 9.16 Å². The van der Waals surface area contributed by atoms with Crippen LogP contribution in [0.4, 0.5) is 0 Å². The van der Waals surface area contributed by atoms with Gasteiger partial charge in [0.25, 0.3) is 8.32 Å². The van der Waals surface area contributed by atoms with E-state index in [1.807, 2.05) is 54.6 Å². The molecule has 0 N–H and O–H groups in total. The maximum atomic E-state index is 10.9. The molecule has 4 nitrogen and oxygen atoms in total. The van der Waals surface area contributed by atoms with Crippen molar-refractivity contribution < 1.29 is 14.0 Å². The van der Waals surface area contributed by atoms with Crippen LogP contribution < -0.4 is 9.16 Å². The van der Waals surface area contributed by atoms with Crippen molar-refractivity contribution in [1.29, 1.82) is 0 Å². The van der Waals surface area contributed by atoms with E-state index >= 15 is 0 Å². The van der Waals surface area contributed by atoms with Gasteiger partial charge in [0.15, 0.2) is 12.0 Å². The zero-order valence-electron chi connectivity index (χ0n) is 18.3. The Bertz CT molecular complexity index is 993. The van der Waals surface area contributed by atoms with E-state index in [1.54, 1.807) is 12.3 Å². The molecule has 0 bridgehead atoms. The molecule has 5 heteroatoms. The summed E-state index contributed by atoms with van der Waals surface area (Å²) in [6, 6.07) is 19.6. The van der Waals surface area contributed by atoms with Crippen molar-refractivity contribution in [2.75, 3.05) is 0 Å². The molecule has 0 spiro atoms. The topological polar surface area (TPSA) is 48.4 Å². The maximum absolute atomic E-state index is 10.9. The minimum atomic E-state index is -2.03. The number of ether oxygens (including phenoxy) is 1. The van der Waals surface area contributed by atoms with Gasteiger partial charge in [-0.3, -0.25) is 9.78 Å². The molecule has 0 unspecified atom stereocenters. The molecule has 0 aliphatic rings. The first kappa shape index (κ1) is 21.8. The molecule has 3 aromatic rings. The molecule has 0 fully saturated rings. The zero-order valence-corrected chi connectivity index (χ0v) is 19.3. The predicted octanol–water partition coefficient (Wildman–Crippen LogP) is 6.52. The fourth-order valence-electron chi connectivity index (χ4n) is 2.67. The van der Waals surface area contributed by atoms with Crippen molar-refractivity contribution in [2.24, 2.45) is 0 Å². The molecule has 0 saturated heterocycles. The number of nitrogens with zero attached hydrogens (tertiary/aromatic N) is 1. The molecule has 1 aromatic heterocycles. The number of pyridine rings is 1. The van der Waals surface area contributed by atoms with Crippen LogP contribution in [0.1, 0.15) is 36.7 Å². The summed E-state index contributed by atoms with van der Waals surface area (Å²) in [7, 11) is -2.03. The zero-order chi connectivity index (χ0) is 21.8. The number of carbonyl (C=O) groups excluding carboxylic acids is 1. The number of carbonyl (C=O) groups is 1. The van der Waals surface area contributed by atoms with E-state index in [1.165, 1.54) is 0 Å². The Morgan fingerprint density at radius 3 is 2.30 bits per heavy atom. The highest BCUT2D eigenvalue weighted by atomic mass is 28.4. The Morgan fingerprint density at radius 1 is 0.967 bits per heavy atom. The molecular formula is C25H29NO3Si. The fraction of sp³-hybridized carbons (Fsp3) is 0.280. The van der Waals surface area contributed by atoms with E-state index < -0.39 is 8.32 Å². The quantitative estimate of drug-likeness (QED) is 0.323. The predicted molar refractivity (Wildman–Crippen MR) is 124 cm³/mol. The van der Waals surface area contributed by atoms with Gasteiger partial charge in [0.2, 0.25) is 0 Å². The molecule has 0 atom stereocenters. The van der Waals surface area contributed by atoms with Gasteiger partial charge in [0.1, 0.15) is 12.4 Å². The highest BCUT2D eigenvalue weighted by molar-refractivity contribution is 6.74. The number of aromatic nitrogens is 1. The van der Waals surface area contributed by atoms with E-state index in [-0.39, 0.29) is 5.04 Å². The monoisotopic (exact) mass is 419 g/mol. The second-order valence-corrected chi connectivity index (χ2v) is 13.6. The third kappa shape index (κ3) is 5.16. The molecular weight excluding hydrogens is 390 g/mol. The molecule has 0 saturated carbocycles. The molecule has 0 amide bonds. The summed E-state index contributed by atoms with van der Waals surface area (Å²) in [4.78, 5) is 15.3. The van der Waals surface area contributed by atoms with Gasteiger partial charge in [-0.1, -0.05) is 51.1 Å². The Hall–Kier alpha value is -2.92. The van der Waals surface area contributed by atoms with E-state index in [4.69, 9.17) is 9.16 Å². The van der Waals surface area contributed by atoms with Crippen molar-refractivity contribution in [3.05, 3.63) is 78.0 Å². The van der Waals surface area contributed by atoms with Crippen LogP contribution in [0.3, 0.4) is 0 Å². The lowest BCUT2D eigenvalue weighted by atomic mass is 10.1. The fourth-order valence-corrected chi connectivity index (χ4v) is 3.70. The average Bonchev–Trinajstić information content (AvgIpc) is 2.73. The smallest absolute Gasteiger partial charge is 0.250 e. The lowest BCUT2D eigenvalue weighted by molar-refractivity contribution is 0.112. The Labute approximate surface area is 180 Å². The Morgan fingerprint density at radius 2 is 1.70 bits per heavy atom. The average molecular weight is 420 g/mol. The van der Waals surface area contributed by atoms with Crippen molar-refractivity contribution in [3.63, 3.8) is 0 Å². The van der Waals surface area contributed by atoms with Gasteiger partial charge in [-0.25, -0.2) is 0 Å². The molecule has 0 aliphatic carbocycles. The minimum Gasteiger partial charge on any atom is -0.541 e. The second kappa shape index (κ2) is 8.84. The summed E-state index contributed by atoms with van der Waals surface area (Å²) < 4.78 is 12.8. The van der Waals surface area contributed by atoms with Gasteiger partial charge >= 0.3 is 0 Å². The molecule has 3 rings (SSSR count). The van der Waals surface area contributed by atoms with E-state index in [9.17, 15) is 4.79 Å². The normalized spacial score (nSPS) is 11.8. The number of hydrogen-bond acceptors (Lipinski definition) is 4. The largest absolute Gasteiger partial charge is 0.541 e. The third-order valence-corrected chi connectivity index (χ3v) is 9.91. The number of hydrogen-bond donors (Lipinski definition) is 0. The number of rotatable bonds is 7. The van der Waals surface area contributed by atoms with E-state index in [2.05, 4.69) is 38.8 Å². The molecule has 0 radical (unpaired) electrons. The summed E-state index contributed by atoms with van der Waals surface area (Å²) >= 11 is 0. The lowest BCUT2D eigenvalue weighted by Crippen LogP contribution is -2.43. The molecule has 2 aromatic carbocycles. The van der Waals surface area contributed by atoms with Crippen LogP contribution in [-0.4, -0.2) is 19.6 Å². The summed E-state index contributed by atoms with van der Waals surface area (Å²) in [5, 5.41) is 0.0780. The Kier molecular flexibility index (Phi) is 6.42. The van der Waals surface area contributed by atoms with Gasteiger partial charge in [-0.05, 0) is 54.0 Å². The lowest BCUT2D eigenvalue weighted by Gasteiger charge is -2.36. The first-order valence-electron chi connectivity index (χ1n) is 10.1. The van der Waals surface area contributed by atoms with Crippen LogP contribution in [0.5, 0.6) is 11.5 Å². The standard InChI is InChI=1S/C25H29NO3Si/c1-25(2,3)30(4,5)29-23-14-12-21(22-13-11-20(17-27)16-26-22)15-24(23)28-18-19-9-7-6-8-10-19/h6-17H,18H2,1-5H3. The van der Waals surface area contributed by atoms with Crippen molar-refractivity contribution in [3.8, 4) is 22.8 Å². The Balaban J connectivity index is 1.94. The van der Waals surface area contributed by atoms with E-state index in [0.717, 1.165) is 28.9 Å². The SMILES string of the molecule is CC(C)(C)[Si](C)(C)Oc1ccc(-c2ccc(C=O)cn2)cc1OCc1ccccc1. The highest BCUT2D eigenvalue weighted by Gasteiger charge is 2.39. The van der Waals surface area contributed by atoms with Crippen LogP contribution in [0, 0.1) is 0 Å². The maximum Gasteiger partial charge on any atom is 0.250 e. The third-order valence-electron chi connectivity index (χ3n) is 5.57. The summed E-state index contributed by atoms with van der Waals surface area (Å²) in [5.41, 5.74) is 3.34. The van der Waals surface area contributed by atoms with Crippen LogP contribution in [-0.2, 0) is 6.61 Å². The van der Waals surface area contributed by atoms with E-state index in [0.29, 0.717) is 17.9 Å².